The number of ether oxygens (including phenoxy) is 2. The molecule has 0 atom stereocenters. The highest BCUT2D eigenvalue weighted by atomic mass is 16.5. The maximum Gasteiger partial charge on any atom is 0.276 e. The molecular weight excluding hydrogens is 326 g/mol. The van der Waals surface area contributed by atoms with Crippen molar-refractivity contribution in [2.45, 2.75) is 6.54 Å². The molecule has 1 amide bonds. The number of anilines is 1. The number of benzene rings is 1. The van der Waals surface area contributed by atoms with Gasteiger partial charge in [-0.15, -0.1) is 5.10 Å². The average Bonchev–Trinajstić information content (AvgIpc) is 3.28. The van der Waals surface area contributed by atoms with Gasteiger partial charge in [0.05, 0.1) is 32.7 Å². The number of carbonyl (C=O) groups is 1. The van der Waals surface area contributed by atoms with E-state index in [1.54, 1.807) is 37.4 Å². The minimum atomic E-state index is -0.444. The molecule has 3 rings (SSSR count). The molecule has 0 radical (unpaired) electrons. The smallest absolute Gasteiger partial charge is 0.276 e. The van der Waals surface area contributed by atoms with Gasteiger partial charge in [-0.05, 0) is 24.3 Å². The molecule has 130 valence electrons. The molecule has 9 heteroatoms. The lowest BCUT2D eigenvalue weighted by atomic mass is 10.2. The summed E-state index contributed by atoms with van der Waals surface area (Å²) in [6, 6.07) is 8.63. The number of nitrogens with two attached hydrogens (primary N) is 1. The summed E-state index contributed by atoms with van der Waals surface area (Å²) in [5.41, 5.74) is 6.65. The second-order valence-corrected chi connectivity index (χ2v) is 5.04. The van der Waals surface area contributed by atoms with Crippen molar-refractivity contribution in [2.24, 2.45) is 0 Å². The zero-order chi connectivity index (χ0) is 17.8. The number of furan rings is 1. The van der Waals surface area contributed by atoms with Crippen LogP contribution in [0, 0.1) is 0 Å². The third-order valence-electron chi connectivity index (χ3n) is 3.54. The van der Waals surface area contributed by atoms with Gasteiger partial charge in [-0.25, -0.2) is 0 Å². The molecule has 2 heterocycles. The number of hydrogen-bond donors (Lipinski definition) is 2. The Bertz CT molecular complexity index is 873. The molecule has 0 unspecified atom stereocenters. The summed E-state index contributed by atoms with van der Waals surface area (Å²) < 4.78 is 17.0. The molecule has 0 aliphatic heterocycles. The monoisotopic (exact) mass is 343 g/mol. The first kappa shape index (κ1) is 16.4. The molecule has 0 spiro atoms. The van der Waals surface area contributed by atoms with Crippen molar-refractivity contribution in [2.75, 3.05) is 20.0 Å². The van der Waals surface area contributed by atoms with Crippen molar-refractivity contribution in [3.05, 3.63) is 48.0 Å². The Morgan fingerprint density at radius 3 is 2.76 bits per heavy atom. The Kier molecular flexibility index (Phi) is 4.55. The summed E-state index contributed by atoms with van der Waals surface area (Å²) in [6.07, 6.45) is 1.53. The van der Waals surface area contributed by atoms with Crippen molar-refractivity contribution in [3.8, 4) is 17.2 Å². The number of methoxy groups -OCH3 is 2. The Balaban J connectivity index is 1.82. The van der Waals surface area contributed by atoms with Gasteiger partial charge in [-0.3, -0.25) is 4.79 Å². The summed E-state index contributed by atoms with van der Waals surface area (Å²) >= 11 is 0. The number of nitrogens with zero attached hydrogens (tertiary/aromatic N) is 3. The van der Waals surface area contributed by atoms with Crippen LogP contribution < -0.4 is 20.5 Å². The highest BCUT2D eigenvalue weighted by molar-refractivity contribution is 5.96. The lowest BCUT2D eigenvalue weighted by Crippen LogP contribution is -2.24. The van der Waals surface area contributed by atoms with Crippen LogP contribution in [0.1, 0.15) is 16.2 Å². The summed E-state index contributed by atoms with van der Waals surface area (Å²) in [7, 11) is 3.07. The number of nitrogen functional groups attached to an aromatic ring is 1. The maximum atomic E-state index is 12.2. The summed E-state index contributed by atoms with van der Waals surface area (Å²) in [6.45, 7) is 0.231. The fourth-order valence-corrected chi connectivity index (χ4v) is 2.26. The van der Waals surface area contributed by atoms with Crippen LogP contribution in [-0.4, -0.2) is 35.1 Å². The van der Waals surface area contributed by atoms with Gasteiger partial charge in [0.1, 0.15) is 5.76 Å². The molecule has 3 aromatic rings. The number of nitrogens with one attached hydrogen (secondary N) is 1. The van der Waals surface area contributed by atoms with Crippen molar-refractivity contribution in [3.63, 3.8) is 0 Å². The van der Waals surface area contributed by atoms with E-state index in [1.807, 2.05) is 0 Å². The highest BCUT2D eigenvalue weighted by Gasteiger charge is 2.19. The van der Waals surface area contributed by atoms with Crippen molar-refractivity contribution >= 4 is 11.7 Å². The lowest BCUT2D eigenvalue weighted by Gasteiger charge is -2.10. The van der Waals surface area contributed by atoms with E-state index in [9.17, 15) is 4.79 Å². The van der Waals surface area contributed by atoms with E-state index in [0.29, 0.717) is 22.9 Å². The lowest BCUT2D eigenvalue weighted by molar-refractivity contribution is 0.0944. The Morgan fingerprint density at radius 2 is 2.08 bits per heavy atom. The second-order valence-electron chi connectivity index (χ2n) is 5.04. The van der Waals surface area contributed by atoms with Gasteiger partial charge < -0.3 is 24.9 Å². The minimum absolute atomic E-state index is 0.0290. The van der Waals surface area contributed by atoms with Crippen LogP contribution in [0.15, 0.2) is 41.0 Å². The van der Waals surface area contributed by atoms with E-state index in [2.05, 4.69) is 15.6 Å². The number of aromatic nitrogens is 3. The first-order valence-corrected chi connectivity index (χ1v) is 7.38. The van der Waals surface area contributed by atoms with E-state index in [1.165, 1.54) is 18.1 Å². The van der Waals surface area contributed by atoms with Crippen LogP contribution in [-0.2, 0) is 6.54 Å². The van der Waals surface area contributed by atoms with Crippen LogP contribution in [0.4, 0.5) is 5.82 Å². The molecule has 25 heavy (non-hydrogen) atoms. The Morgan fingerprint density at radius 1 is 1.28 bits per heavy atom. The van der Waals surface area contributed by atoms with E-state index in [0.717, 1.165) is 0 Å². The predicted octanol–water partition coefficient (Wildman–Crippen LogP) is 1.39. The molecule has 0 fully saturated rings. The molecule has 9 nitrogen and oxygen atoms in total. The molecule has 2 aromatic heterocycles. The standard InChI is InChI=1S/C16H17N5O4/c1-23-12-6-5-10(8-13(12)24-2)21-15(17)14(19-20-21)16(22)18-9-11-4-3-7-25-11/h3-8H,9,17H2,1-2H3,(H,18,22). The number of amides is 1. The Hall–Kier alpha value is -3.49. The van der Waals surface area contributed by atoms with Gasteiger partial charge in [-0.1, -0.05) is 5.21 Å². The maximum absolute atomic E-state index is 12.2. The predicted molar refractivity (Wildman–Crippen MR) is 88.8 cm³/mol. The molecule has 0 bridgehead atoms. The van der Waals surface area contributed by atoms with Crippen LogP contribution in [0.25, 0.3) is 5.69 Å². The fourth-order valence-electron chi connectivity index (χ4n) is 2.26. The summed E-state index contributed by atoms with van der Waals surface area (Å²) in [4.78, 5) is 12.2. The molecular formula is C16H17N5O4. The van der Waals surface area contributed by atoms with Crippen molar-refractivity contribution in [1.29, 1.82) is 0 Å². The van der Waals surface area contributed by atoms with Gasteiger partial charge >= 0.3 is 0 Å². The quantitative estimate of drug-likeness (QED) is 0.694. The molecule has 0 aliphatic rings. The Labute approximate surface area is 143 Å². The normalized spacial score (nSPS) is 10.5. The van der Waals surface area contributed by atoms with Gasteiger partial charge in [-0.2, -0.15) is 4.68 Å². The molecule has 1 aromatic carbocycles. The number of hydrogen-bond acceptors (Lipinski definition) is 7. The third-order valence-corrected chi connectivity index (χ3v) is 3.54. The van der Waals surface area contributed by atoms with Gasteiger partial charge in [0.15, 0.2) is 23.0 Å². The van der Waals surface area contributed by atoms with Crippen molar-refractivity contribution in [1.82, 2.24) is 20.3 Å². The van der Waals surface area contributed by atoms with Gasteiger partial charge in [0.25, 0.3) is 5.91 Å². The largest absolute Gasteiger partial charge is 0.493 e. The number of rotatable bonds is 6. The van der Waals surface area contributed by atoms with Crippen LogP contribution in [0.2, 0.25) is 0 Å². The zero-order valence-corrected chi connectivity index (χ0v) is 13.7. The average molecular weight is 343 g/mol. The second kappa shape index (κ2) is 6.95. The first-order valence-electron chi connectivity index (χ1n) is 7.38. The van der Waals surface area contributed by atoms with Crippen LogP contribution >= 0.6 is 0 Å². The van der Waals surface area contributed by atoms with Crippen molar-refractivity contribution < 1.29 is 18.7 Å². The summed E-state index contributed by atoms with van der Waals surface area (Å²) in [5, 5.41) is 10.5. The van der Waals surface area contributed by atoms with E-state index >= 15 is 0 Å². The fraction of sp³-hybridized carbons (Fsp3) is 0.188. The topological polar surface area (TPSA) is 117 Å². The van der Waals surface area contributed by atoms with Crippen LogP contribution in [0.5, 0.6) is 11.5 Å². The molecule has 0 saturated heterocycles. The third kappa shape index (κ3) is 3.25. The van der Waals surface area contributed by atoms with E-state index in [4.69, 9.17) is 19.6 Å². The summed E-state index contributed by atoms with van der Waals surface area (Å²) in [5.74, 6) is 1.38. The molecule has 0 saturated carbocycles. The first-order chi connectivity index (χ1) is 12.1. The highest BCUT2D eigenvalue weighted by Crippen LogP contribution is 2.29. The zero-order valence-electron chi connectivity index (χ0n) is 13.7. The SMILES string of the molecule is COc1ccc(-n2nnc(C(=O)NCc3ccco3)c2N)cc1OC. The molecule has 0 aliphatic carbocycles. The number of carbonyl (C=O) groups excluding carboxylic acids is 1. The van der Waals surface area contributed by atoms with E-state index in [-0.39, 0.29) is 18.1 Å². The van der Waals surface area contributed by atoms with Gasteiger partial charge in [0.2, 0.25) is 0 Å². The van der Waals surface area contributed by atoms with Crippen LogP contribution in [0.3, 0.4) is 0 Å². The minimum Gasteiger partial charge on any atom is -0.493 e. The van der Waals surface area contributed by atoms with E-state index < -0.39 is 5.91 Å². The molecule has 3 N–H and O–H groups in total. The van der Waals surface area contributed by atoms with Gasteiger partial charge in [0, 0.05) is 6.07 Å².